The molecule has 1 aromatic heterocycles. The molecule has 1 atom stereocenters. The molecule has 0 aliphatic carbocycles. The zero-order valence-corrected chi connectivity index (χ0v) is 11.8. The summed E-state index contributed by atoms with van der Waals surface area (Å²) in [7, 11) is 0. The van der Waals surface area contributed by atoms with Crippen molar-refractivity contribution in [2.45, 2.75) is 40.7 Å². The van der Waals surface area contributed by atoms with Crippen molar-refractivity contribution in [3.8, 4) is 0 Å². The summed E-state index contributed by atoms with van der Waals surface area (Å²) in [5.74, 6) is -1.77. The summed E-state index contributed by atoms with van der Waals surface area (Å²) >= 11 is 0. The van der Waals surface area contributed by atoms with Crippen molar-refractivity contribution in [3.63, 3.8) is 0 Å². The van der Waals surface area contributed by atoms with Gasteiger partial charge in [-0.1, -0.05) is 13.8 Å². The van der Waals surface area contributed by atoms with Gasteiger partial charge in [0.25, 0.3) is 5.91 Å². The lowest BCUT2D eigenvalue weighted by atomic mass is 10.0. The van der Waals surface area contributed by atoms with Gasteiger partial charge in [0.2, 0.25) is 0 Å². The topological polar surface area (TPSA) is 92.2 Å². The average molecular weight is 265 g/mol. The number of amides is 1. The number of nitrogens with one attached hydrogen (secondary N) is 1. The molecule has 1 amide bonds. The summed E-state index contributed by atoms with van der Waals surface area (Å²) in [4.78, 5) is 31.5. The SMILES string of the molecule is Cc1nc(C)c(C(=O)N[C@H](C(=O)O)C(C)C)nc1C. The highest BCUT2D eigenvalue weighted by Gasteiger charge is 2.25. The first-order valence-corrected chi connectivity index (χ1v) is 6.09. The third-order valence-electron chi connectivity index (χ3n) is 2.92. The Morgan fingerprint density at radius 1 is 1.05 bits per heavy atom. The van der Waals surface area contributed by atoms with Crippen molar-refractivity contribution in [2.75, 3.05) is 0 Å². The van der Waals surface area contributed by atoms with Crippen LogP contribution in [0.5, 0.6) is 0 Å². The number of carbonyl (C=O) groups is 2. The number of aromatic nitrogens is 2. The predicted molar refractivity (Wildman–Crippen MR) is 70.0 cm³/mol. The van der Waals surface area contributed by atoms with Crippen LogP contribution in [0.4, 0.5) is 0 Å². The van der Waals surface area contributed by atoms with Crippen LogP contribution in [0.1, 0.15) is 41.4 Å². The van der Waals surface area contributed by atoms with Crippen LogP contribution in [-0.4, -0.2) is 33.0 Å². The summed E-state index contributed by atoms with van der Waals surface area (Å²) < 4.78 is 0. The number of nitrogens with zero attached hydrogens (tertiary/aromatic N) is 2. The van der Waals surface area contributed by atoms with E-state index >= 15 is 0 Å². The van der Waals surface area contributed by atoms with E-state index in [9.17, 15) is 9.59 Å². The molecule has 0 saturated heterocycles. The molecule has 0 unspecified atom stereocenters. The molecule has 0 aromatic carbocycles. The van der Waals surface area contributed by atoms with E-state index in [-0.39, 0.29) is 11.6 Å². The molecular formula is C13H19N3O3. The zero-order chi connectivity index (χ0) is 14.7. The highest BCUT2D eigenvalue weighted by molar-refractivity contribution is 5.95. The van der Waals surface area contributed by atoms with Gasteiger partial charge in [-0.3, -0.25) is 9.78 Å². The first-order chi connectivity index (χ1) is 8.73. The van der Waals surface area contributed by atoms with E-state index in [1.165, 1.54) is 0 Å². The molecular weight excluding hydrogens is 246 g/mol. The monoisotopic (exact) mass is 265 g/mol. The van der Waals surface area contributed by atoms with Gasteiger partial charge in [-0.05, 0) is 26.7 Å². The minimum atomic E-state index is -1.06. The number of carboxylic acid groups (broad SMARTS) is 1. The normalized spacial score (nSPS) is 12.3. The van der Waals surface area contributed by atoms with Crippen molar-refractivity contribution < 1.29 is 14.7 Å². The van der Waals surface area contributed by atoms with Gasteiger partial charge in [0, 0.05) is 0 Å². The Balaban J connectivity index is 3.01. The summed E-state index contributed by atoms with van der Waals surface area (Å²) in [6, 6.07) is -0.935. The van der Waals surface area contributed by atoms with Gasteiger partial charge in [0.15, 0.2) is 0 Å². The van der Waals surface area contributed by atoms with Gasteiger partial charge < -0.3 is 10.4 Å². The van der Waals surface area contributed by atoms with Gasteiger partial charge >= 0.3 is 5.97 Å². The lowest BCUT2D eigenvalue weighted by Gasteiger charge is -2.18. The molecule has 0 aliphatic heterocycles. The number of rotatable bonds is 4. The van der Waals surface area contributed by atoms with Crippen LogP contribution in [0.3, 0.4) is 0 Å². The van der Waals surface area contributed by atoms with Gasteiger partial charge in [-0.2, -0.15) is 0 Å². The Kier molecular flexibility index (Phi) is 4.58. The summed E-state index contributed by atoms with van der Waals surface area (Å²) in [6.45, 7) is 8.72. The summed E-state index contributed by atoms with van der Waals surface area (Å²) in [5, 5.41) is 11.5. The quantitative estimate of drug-likeness (QED) is 0.854. The third-order valence-corrected chi connectivity index (χ3v) is 2.92. The second-order valence-corrected chi connectivity index (χ2v) is 4.86. The maximum Gasteiger partial charge on any atom is 0.326 e. The first-order valence-electron chi connectivity index (χ1n) is 6.09. The number of hydrogen-bond acceptors (Lipinski definition) is 4. The van der Waals surface area contributed by atoms with Crippen LogP contribution in [-0.2, 0) is 4.79 Å². The highest BCUT2D eigenvalue weighted by Crippen LogP contribution is 2.09. The fourth-order valence-corrected chi connectivity index (χ4v) is 1.65. The molecule has 0 bridgehead atoms. The Morgan fingerprint density at radius 3 is 2.05 bits per heavy atom. The molecule has 19 heavy (non-hydrogen) atoms. The second-order valence-electron chi connectivity index (χ2n) is 4.86. The smallest absolute Gasteiger partial charge is 0.326 e. The molecule has 1 rings (SSSR count). The molecule has 0 spiro atoms. The van der Waals surface area contributed by atoms with Crippen molar-refractivity contribution in [3.05, 3.63) is 22.8 Å². The molecule has 0 saturated carbocycles. The standard InChI is InChI=1S/C13H19N3O3/c1-6(2)10(13(18)19)16-12(17)11-9(5)14-7(3)8(4)15-11/h6,10H,1-5H3,(H,16,17)(H,18,19)/t10-/m0/s1. The maximum absolute atomic E-state index is 12.1. The molecule has 6 nitrogen and oxygen atoms in total. The minimum absolute atomic E-state index is 0.176. The van der Waals surface area contributed by atoms with E-state index in [1.54, 1.807) is 27.7 Å². The lowest BCUT2D eigenvalue weighted by Crippen LogP contribution is -2.44. The Hall–Kier alpha value is -1.98. The van der Waals surface area contributed by atoms with E-state index in [0.717, 1.165) is 5.69 Å². The summed E-state index contributed by atoms with van der Waals surface area (Å²) in [5.41, 5.74) is 2.09. The van der Waals surface area contributed by atoms with Crippen LogP contribution < -0.4 is 5.32 Å². The number of carboxylic acids is 1. The number of carbonyl (C=O) groups excluding carboxylic acids is 1. The van der Waals surface area contributed by atoms with Gasteiger partial charge in [-0.15, -0.1) is 0 Å². The average Bonchev–Trinajstić information content (AvgIpc) is 2.29. The number of aryl methyl sites for hydroxylation is 3. The molecule has 2 N–H and O–H groups in total. The van der Waals surface area contributed by atoms with Crippen LogP contribution in [0.2, 0.25) is 0 Å². The summed E-state index contributed by atoms with van der Waals surface area (Å²) in [6.07, 6.45) is 0. The molecule has 104 valence electrons. The van der Waals surface area contributed by atoms with E-state index in [1.807, 2.05) is 6.92 Å². The fraction of sp³-hybridized carbons (Fsp3) is 0.538. The van der Waals surface area contributed by atoms with Gasteiger partial charge in [0.05, 0.1) is 17.1 Å². The van der Waals surface area contributed by atoms with E-state index in [0.29, 0.717) is 11.4 Å². The lowest BCUT2D eigenvalue weighted by molar-refractivity contribution is -0.140. The Labute approximate surface area is 112 Å². The zero-order valence-electron chi connectivity index (χ0n) is 11.8. The molecule has 6 heteroatoms. The third kappa shape index (κ3) is 3.49. The Morgan fingerprint density at radius 2 is 1.58 bits per heavy atom. The van der Waals surface area contributed by atoms with E-state index < -0.39 is 17.9 Å². The second kappa shape index (κ2) is 5.77. The molecule has 1 aromatic rings. The van der Waals surface area contributed by atoms with Crippen molar-refractivity contribution in [1.29, 1.82) is 0 Å². The number of hydrogen-bond donors (Lipinski definition) is 2. The van der Waals surface area contributed by atoms with Crippen LogP contribution in [0.15, 0.2) is 0 Å². The molecule has 0 radical (unpaired) electrons. The van der Waals surface area contributed by atoms with E-state index in [4.69, 9.17) is 5.11 Å². The van der Waals surface area contributed by atoms with Gasteiger partial charge in [0.1, 0.15) is 11.7 Å². The van der Waals surface area contributed by atoms with Gasteiger partial charge in [-0.25, -0.2) is 9.78 Å². The van der Waals surface area contributed by atoms with Crippen molar-refractivity contribution in [1.82, 2.24) is 15.3 Å². The fourth-order valence-electron chi connectivity index (χ4n) is 1.65. The maximum atomic E-state index is 12.1. The van der Waals surface area contributed by atoms with Crippen LogP contribution >= 0.6 is 0 Å². The molecule has 0 fully saturated rings. The highest BCUT2D eigenvalue weighted by atomic mass is 16.4. The Bertz CT molecular complexity index is 512. The minimum Gasteiger partial charge on any atom is -0.480 e. The predicted octanol–water partition coefficient (Wildman–Crippen LogP) is 1.24. The van der Waals surface area contributed by atoms with Crippen LogP contribution in [0.25, 0.3) is 0 Å². The molecule has 1 heterocycles. The van der Waals surface area contributed by atoms with Crippen molar-refractivity contribution in [2.24, 2.45) is 5.92 Å². The first kappa shape index (κ1) is 15.1. The molecule has 0 aliphatic rings. The van der Waals surface area contributed by atoms with E-state index in [2.05, 4.69) is 15.3 Å². The van der Waals surface area contributed by atoms with Crippen LogP contribution in [0, 0.1) is 26.7 Å². The number of aliphatic carboxylic acids is 1. The largest absolute Gasteiger partial charge is 0.480 e. The van der Waals surface area contributed by atoms with Crippen molar-refractivity contribution >= 4 is 11.9 Å².